The van der Waals surface area contributed by atoms with Crippen LogP contribution in [0.25, 0.3) is 22.3 Å². The molecule has 0 spiro atoms. The number of halogens is 9. The van der Waals surface area contributed by atoms with Crippen molar-refractivity contribution in [1.82, 2.24) is 0 Å². The third kappa shape index (κ3) is 8.35. The molecular weight excluding hydrogens is 647 g/mol. The lowest BCUT2D eigenvalue weighted by molar-refractivity contribution is -0.274. The average molecular weight is 679 g/mol. The summed E-state index contributed by atoms with van der Waals surface area (Å²) in [5, 5.41) is 0. The lowest BCUT2D eigenvalue weighted by atomic mass is 9.77. The summed E-state index contributed by atoms with van der Waals surface area (Å²) in [6, 6.07) is 12.1. The highest BCUT2D eigenvalue weighted by molar-refractivity contribution is 5.67. The molecule has 1 saturated carbocycles. The molecule has 0 heterocycles. The predicted octanol–water partition coefficient (Wildman–Crippen LogP) is 12.2. The van der Waals surface area contributed by atoms with Crippen molar-refractivity contribution < 1.29 is 49.0 Å². The van der Waals surface area contributed by atoms with E-state index in [9.17, 15) is 17.6 Å². The van der Waals surface area contributed by atoms with Crippen molar-refractivity contribution >= 4 is 0 Å². The highest BCUT2D eigenvalue weighted by Crippen LogP contribution is 2.41. The molecule has 4 aromatic carbocycles. The molecule has 11 heteroatoms. The Hall–Kier alpha value is -4.41. The Morgan fingerprint density at radius 3 is 1.81 bits per heavy atom. The Morgan fingerprint density at radius 1 is 0.646 bits per heavy atom. The minimum atomic E-state index is -4.93. The maximum Gasteiger partial charge on any atom is 0.573 e. The zero-order valence-corrected chi connectivity index (χ0v) is 25.7. The molecule has 254 valence electrons. The molecule has 0 aliphatic heterocycles. The van der Waals surface area contributed by atoms with E-state index in [1.807, 2.05) is 13.0 Å². The summed E-state index contributed by atoms with van der Waals surface area (Å²) in [7, 11) is 0. The molecule has 1 fully saturated rings. The van der Waals surface area contributed by atoms with Crippen molar-refractivity contribution in [2.45, 2.75) is 63.8 Å². The Kier molecular flexibility index (Phi) is 10.5. The summed E-state index contributed by atoms with van der Waals surface area (Å²) >= 11 is 0. The molecule has 0 saturated heterocycles. The molecule has 48 heavy (non-hydrogen) atoms. The van der Waals surface area contributed by atoms with Crippen LogP contribution in [0.2, 0.25) is 0 Å². The van der Waals surface area contributed by atoms with Gasteiger partial charge in [-0.05, 0) is 116 Å². The second kappa shape index (κ2) is 14.4. The summed E-state index contributed by atoms with van der Waals surface area (Å²) in [6.07, 6.45) is 0.605. The van der Waals surface area contributed by atoms with E-state index in [4.69, 9.17) is 0 Å². The summed E-state index contributed by atoms with van der Waals surface area (Å²) in [6.45, 7) is 1.99. The number of hydrogen-bond acceptors (Lipinski definition) is 2. The molecular formula is C37H31F9O2. The van der Waals surface area contributed by atoms with Crippen molar-refractivity contribution in [3.05, 3.63) is 119 Å². The van der Waals surface area contributed by atoms with Crippen LogP contribution in [0.3, 0.4) is 0 Å². The summed E-state index contributed by atoms with van der Waals surface area (Å²) in [5.74, 6) is -5.81. The molecule has 0 amide bonds. The molecule has 0 N–H and O–H groups in total. The van der Waals surface area contributed by atoms with Crippen LogP contribution in [0.5, 0.6) is 11.5 Å². The zero-order chi connectivity index (χ0) is 34.6. The molecule has 1 aliphatic carbocycles. The van der Waals surface area contributed by atoms with E-state index in [1.54, 1.807) is 6.07 Å². The first kappa shape index (κ1) is 34.9. The van der Waals surface area contributed by atoms with E-state index in [1.165, 1.54) is 12.1 Å². The minimum absolute atomic E-state index is 0.0938. The summed E-state index contributed by atoms with van der Waals surface area (Å²) in [5.41, 5.74) is -1.51. The zero-order valence-electron chi connectivity index (χ0n) is 25.7. The second-order valence-corrected chi connectivity index (χ2v) is 11.8. The fraction of sp³-hybridized carbons (Fsp3) is 0.297. The van der Waals surface area contributed by atoms with E-state index in [-0.39, 0.29) is 28.2 Å². The molecule has 2 nitrogen and oxygen atoms in total. The van der Waals surface area contributed by atoms with E-state index in [0.717, 1.165) is 80.5 Å². The van der Waals surface area contributed by atoms with Gasteiger partial charge in [0.05, 0.1) is 0 Å². The number of allylic oxidation sites excluding steroid dienone is 2. The van der Waals surface area contributed by atoms with Gasteiger partial charge in [0.15, 0.2) is 0 Å². The first-order valence-electron chi connectivity index (χ1n) is 15.4. The van der Waals surface area contributed by atoms with Crippen molar-refractivity contribution in [3.63, 3.8) is 0 Å². The van der Waals surface area contributed by atoms with Crippen LogP contribution in [-0.2, 0) is 6.11 Å². The van der Waals surface area contributed by atoms with Crippen molar-refractivity contribution in [1.29, 1.82) is 0 Å². The Balaban J connectivity index is 1.29. The third-order valence-electron chi connectivity index (χ3n) is 8.52. The van der Waals surface area contributed by atoms with Gasteiger partial charge in [-0.3, -0.25) is 0 Å². The highest BCUT2D eigenvalue weighted by atomic mass is 19.4. The van der Waals surface area contributed by atoms with Gasteiger partial charge in [-0.2, -0.15) is 8.78 Å². The molecule has 0 radical (unpaired) electrons. The smallest absolute Gasteiger partial charge is 0.429 e. The standard InChI is InChI=1S/C37H31F9O2/c1-2-3-4-5-22-6-8-23(9-7-22)25-12-16-30(31(38)18-25)26-19-33(40)35(34(41)20-26)36(42,43)47-28-15-17-29(32(39)21-28)24-10-13-27(14-11-24)48-37(44,45)46/h2-3,10-23H,4-9H2,1H3/b3-2+. The lowest BCUT2D eigenvalue weighted by Crippen LogP contribution is -2.25. The Bertz CT molecular complexity index is 1730. The van der Waals surface area contributed by atoms with Crippen LogP contribution in [-0.4, -0.2) is 6.36 Å². The number of hydrogen-bond donors (Lipinski definition) is 0. The van der Waals surface area contributed by atoms with Gasteiger partial charge in [-0.15, -0.1) is 13.2 Å². The van der Waals surface area contributed by atoms with Gasteiger partial charge in [0.1, 0.15) is 40.3 Å². The number of alkyl halides is 5. The molecule has 1 aliphatic rings. The van der Waals surface area contributed by atoms with Gasteiger partial charge in [-0.1, -0.05) is 36.4 Å². The Labute approximate surface area is 271 Å². The van der Waals surface area contributed by atoms with Crippen LogP contribution >= 0.6 is 0 Å². The largest absolute Gasteiger partial charge is 0.573 e. The molecule has 0 aromatic heterocycles. The molecule has 0 bridgehead atoms. The molecule has 5 rings (SSSR count). The molecule has 0 unspecified atom stereocenters. The van der Waals surface area contributed by atoms with Gasteiger partial charge in [-0.25, -0.2) is 17.6 Å². The first-order chi connectivity index (χ1) is 22.7. The van der Waals surface area contributed by atoms with Gasteiger partial charge in [0, 0.05) is 17.2 Å². The van der Waals surface area contributed by atoms with Gasteiger partial charge in [0.2, 0.25) is 0 Å². The first-order valence-corrected chi connectivity index (χ1v) is 15.4. The van der Waals surface area contributed by atoms with Crippen LogP contribution in [0.15, 0.2) is 84.9 Å². The van der Waals surface area contributed by atoms with E-state index in [2.05, 4.69) is 15.5 Å². The van der Waals surface area contributed by atoms with Crippen LogP contribution in [0, 0.1) is 29.2 Å². The second-order valence-electron chi connectivity index (χ2n) is 11.8. The summed E-state index contributed by atoms with van der Waals surface area (Å²) < 4.78 is 136. The van der Waals surface area contributed by atoms with Gasteiger partial charge >= 0.3 is 12.5 Å². The number of benzene rings is 4. The van der Waals surface area contributed by atoms with Crippen molar-refractivity contribution in [3.8, 4) is 33.8 Å². The number of ether oxygens (including phenoxy) is 2. The molecule has 4 aromatic rings. The fourth-order valence-corrected chi connectivity index (χ4v) is 6.14. The third-order valence-corrected chi connectivity index (χ3v) is 8.52. The van der Waals surface area contributed by atoms with E-state index < -0.39 is 52.8 Å². The number of rotatable bonds is 10. The van der Waals surface area contributed by atoms with Crippen LogP contribution < -0.4 is 9.47 Å². The monoisotopic (exact) mass is 678 g/mol. The fourth-order valence-electron chi connectivity index (χ4n) is 6.14. The van der Waals surface area contributed by atoms with Gasteiger partial charge in [0.25, 0.3) is 0 Å². The lowest BCUT2D eigenvalue weighted by Gasteiger charge is -2.29. The topological polar surface area (TPSA) is 18.5 Å². The molecule has 0 atom stereocenters. The maximum atomic E-state index is 15.2. The van der Waals surface area contributed by atoms with Crippen LogP contribution in [0.4, 0.5) is 39.5 Å². The minimum Gasteiger partial charge on any atom is -0.429 e. The highest BCUT2D eigenvalue weighted by Gasteiger charge is 2.41. The van der Waals surface area contributed by atoms with Crippen LogP contribution in [0.1, 0.15) is 62.5 Å². The summed E-state index contributed by atoms with van der Waals surface area (Å²) in [4.78, 5) is 0. The Morgan fingerprint density at radius 2 is 1.23 bits per heavy atom. The normalized spacial score (nSPS) is 17.1. The average Bonchev–Trinajstić information content (AvgIpc) is 3.00. The maximum absolute atomic E-state index is 15.2. The quantitative estimate of drug-likeness (QED) is 0.123. The SMILES string of the molecule is C/C=C/CCC1CCC(c2ccc(-c3cc(F)c(C(F)(F)Oc4ccc(-c5ccc(OC(F)(F)F)cc5)c(F)c4)c(F)c3)c(F)c2)CC1. The van der Waals surface area contributed by atoms with Crippen molar-refractivity contribution in [2.24, 2.45) is 5.92 Å². The van der Waals surface area contributed by atoms with Gasteiger partial charge < -0.3 is 9.47 Å². The van der Waals surface area contributed by atoms with E-state index >= 15 is 22.0 Å². The predicted molar refractivity (Wildman–Crippen MR) is 164 cm³/mol. The van der Waals surface area contributed by atoms with E-state index in [0.29, 0.717) is 24.1 Å². The van der Waals surface area contributed by atoms with Crippen molar-refractivity contribution in [2.75, 3.05) is 0 Å².